The Morgan fingerprint density at radius 1 is 0.885 bits per heavy atom. The molecule has 4 rings (SSSR count). The van der Waals surface area contributed by atoms with Gasteiger partial charge in [-0.2, -0.15) is 0 Å². The highest BCUT2D eigenvalue weighted by atomic mass is 15.0. The third-order valence-corrected chi connectivity index (χ3v) is 4.31. The second kappa shape index (κ2) is 6.72. The third kappa shape index (κ3) is 3.15. The molecule has 0 radical (unpaired) electrons. The van der Waals surface area contributed by atoms with E-state index in [4.69, 9.17) is 16.5 Å². The summed E-state index contributed by atoms with van der Waals surface area (Å²) in [5.41, 5.74) is 17.1. The first-order valence-corrected chi connectivity index (χ1v) is 8.39. The third-order valence-electron chi connectivity index (χ3n) is 4.31. The number of pyridine rings is 2. The molecular formula is C21H19N5. The maximum absolute atomic E-state index is 6.05. The van der Waals surface area contributed by atoms with Crippen molar-refractivity contribution in [2.75, 3.05) is 16.8 Å². The Bertz CT molecular complexity index is 1060. The number of fused-ring (bicyclic) bond motifs is 1. The summed E-state index contributed by atoms with van der Waals surface area (Å²) in [4.78, 5) is 9.30. The lowest BCUT2D eigenvalue weighted by atomic mass is 10.1. The number of rotatable bonds is 4. The van der Waals surface area contributed by atoms with E-state index in [0.29, 0.717) is 6.54 Å². The molecule has 0 saturated carbocycles. The van der Waals surface area contributed by atoms with Crippen molar-refractivity contribution in [3.63, 3.8) is 0 Å². The van der Waals surface area contributed by atoms with Gasteiger partial charge in [0.2, 0.25) is 0 Å². The number of nitrogens with zero attached hydrogens (tertiary/aromatic N) is 2. The molecule has 0 aliphatic heterocycles. The van der Waals surface area contributed by atoms with Crippen molar-refractivity contribution in [3.05, 3.63) is 78.5 Å². The normalized spacial score (nSPS) is 10.8. The van der Waals surface area contributed by atoms with E-state index >= 15 is 0 Å². The van der Waals surface area contributed by atoms with Gasteiger partial charge in [0.1, 0.15) is 5.82 Å². The van der Waals surface area contributed by atoms with Crippen LogP contribution in [0.25, 0.3) is 22.2 Å². The van der Waals surface area contributed by atoms with Crippen molar-refractivity contribution >= 4 is 28.1 Å². The van der Waals surface area contributed by atoms with E-state index in [2.05, 4.69) is 10.3 Å². The van der Waals surface area contributed by atoms with Crippen LogP contribution in [0.3, 0.4) is 0 Å². The van der Waals surface area contributed by atoms with Crippen LogP contribution in [0.5, 0.6) is 0 Å². The van der Waals surface area contributed by atoms with Crippen molar-refractivity contribution in [1.29, 1.82) is 0 Å². The monoisotopic (exact) mass is 341 g/mol. The molecule has 0 saturated heterocycles. The number of hydrogen-bond donors (Lipinski definition) is 3. The molecule has 0 bridgehead atoms. The lowest BCUT2D eigenvalue weighted by Crippen LogP contribution is -2.05. The first kappa shape index (κ1) is 15.9. The van der Waals surface area contributed by atoms with E-state index in [1.165, 1.54) is 0 Å². The Balaban J connectivity index is 1.75. The fraction of sp³-hybridized carbons (Fsp3) is 0.0476. The number of nitrogen functional groups attached to an aromatic ring is 2. The molecular weight excluding hydrogens is 322 g/mol. The molecule has 0 atom stereocenters. The minimum Gasteiger partial charge on any atom is -0.399 e. The average molecular weight is 341 g/mol. The summed E-state index contributed by atoms with van der Waals surface area (Å²) < 4.78 is 0. The SMILES string of the molecule is Nc1ccc(-c2cc3ncccc3c(NCc3ccccc3N)n2)cc1. The van der Waals surface area contributed by atoms with Crippen LogP contribution in [0.4, 0.5) is 17.2 Å². The Labute approximate surface area is 151 Å². The lowest BCUT2D eigenvalue weighted by molar-refractivity contribution is 1.12. The number of nitrogens with one attached hydrogen (secondary N) is 1. The number of benzene rings is 2. The second-order valence-corrected chi connectivity index (χ2v) is 6.10. The highest BCUT2D eigenvalue weighted by Crippen LogP contribution is 2.27. The van der Waals surface area contributed by atoms with Crippen LogP contribution in [0.1, 0.15) is 5.56 Å². The summed E-state index contributed by atoms with van der Waals surface area (Å²) >= 11 is 0. The molecule has 2 aromatic heterocycles. The van der Waals surface area contributed by atoms with Crippen LogP contribution in [0, 0.1) is 0 Å². The average Bonchev–Trinajstić information content (AvgIpc) is 2.67. The molecule has 5 nitrogen and oxygen atoms in total. The van der Waals surface area contributed by atoms with Crippen molar-refractivity contribution in [3.8, 4) is 11.3 Å². The van der Waals surface area contributed by atoms with Crippen molar-refractivity contribution in [1.82, 2.24) is 9.97 Å². The van der Waals surface area contributed by atoms with Crippen LogP contribution in [-0.4, -0.2) is 9.97 Å². The number of hydrogen-bond acceptors (Lipinski definition) is 5. The molecule has 4 aromatic rings. The Hall–Kier alpha value is -3.60. The predicted octanol–water partition coefficient (Wildman–Crippen LogP) is 4.07. The predicted molar refractivity (Wildman–Crippen MR) is 108 cm³/mol. The molecule has 128 valence electrons. The highest BCUT2D eigenvalue weighted by molar-refractivity contribution is 5.92. The van der Waals surface area contributed by atoms with E-state index in [-0.39, 0.29) is 0 Å². The smallest absolute Gasteiger partial charge is 0.136 e. The zero-order valence-electron chi connectivity index (χ0n) is 14.2. The minimum atomic E-state index is 0.592. The fourth-order valence-corrected chi connectivity index (χ4v) is 2.89. The van der Waals surface area contributed by atoms with Gasteiger partial charge in [-0.15, -0.1) is 0 Å². The Morgan fingerprint density at radius 2 is 1.69 bits per heavy atom. The second-order valence-electron chi connectivity index (χ2n) is 6.10. The molecule has 0 spiro atoms. The van der Waals surface area contributed by atoms with Gasteiger partial charge in [0.05, 0.1) is 11.2 Å². The number of nitrogens with two attached hydrogens (primary N) is 2. The largest absolute Gasteiger partial charge is 0.399 e. The minimum absolute atomic E-state index is 0.592. The summed E-state index contributed by atoms with van der Waals surface area (Å²) in [5.74, 6) is 0.783. The molecule has 0 aliphatic rings. The van der Waals surface area contributed by atoms with Crippen molar-refractivity contribution in [2.24, 2.45) is 0 Å². The molecule has 0 amide bonds. The molecule has 2 aromatic carbocycles. The van der Waals surface area contributed by atoms with Crippen LogP contribution in [0.2, 0.25) is 0 Å². The number of para-hydroxylation sites is 1. The van der Waals surface area contributed by atoms with Crippen LogP contribution in [-0.2, 0) is 6.54 Å². The summed E-state index contributed by atoms with van der Waals surface area (Å²) in [7, 11) is 0. The van der Waals surface area contributed by atoms with E-state index in [1.807, 2.05) is 66.7 Å². The number of aromatic nitrogens is 2. The van der Waals surface area contributed by atoms with Crippen LogP contribution < -0.4 is 16.8 Å². The van der Waals surface area contributed by atoms with Crippen molar-refractivity contribution < 1.29 is 0 Å². The standard InChI is InChI=1S/C21H19N5/c22-16-9-7-14(8-10-16)19-12-20-17(5-3-11-24-20)21(26-19)25-13-15-4-1-2-6-18(15)23/h1-12H,13,22-23H2,(H,25,26). The fourth-order valence-electron chi connectivity index (χ4n) is 2.89. The van der Waals surface area contributed by atoms with Gasteiger partial charge in [-0.1, -0.05) is 30.3 Å². The topological polar surface area (TPSA) is 89.8 Å². The molecule has 0 unspecified atom stereocenters. The Kier molecular flexibility index (Phi) is 4.11. The van der Waals surface area contributed by atoms with Crippen molar-refractivity contribution in [2.45, 2.75) is 6.54 Å². The molecule has 0 aliphatic carbocycles. The molecule has 26 heavy (non-hydrogen) atoms. The maximum Gasteiger partial charge on any atom is 0.136 e. The van der Waals surface area contributed by atoms with E-state index in [0.717, 1.165) is 44.9 Å². The zero-order chi connectivity index (χ0) is 17.9. The van der Waals surface area contributed by atoms with Gasteiger partial charge in [0, 0.05) is 35.1 Å². The zero-order valence-corrected chi connectivity index (χ0v) is 14.2. The van der Waals surface area contributed by atoms with Gasteiger partial charge in [-0.3, -0.25) is 4.98 Å². The molecule has 5 N–H and O–H groups in total. The quantitative estimate of drug-likeness (QED) is 0.487. The highest BCUT2D eigenvalue weighted by Gasteiger charge is 2.09. The molecule has 0 fully saturated rings. The van der Waals surface area contributed by atoms with Gasteiger partial charge in [0.15, 0.2) is 0 Å². The lowest BCUT2D eigenvalue weighted by Gasteiger charge is -2.12. The van der Waals surface area contributed by atoms with E-state index < -0.39 is 0 Å². The Morgan fingerprint density at radius 3 is 2.50 bits per heavy atom. The van der Waals surface area contributed by atoms with Crippen LogP contribution in [0.15, 0.2) is 72.9 Å². The van der Waals surface area contributed by atoms with Crippen LogP contribution >= 0.6 is 0 Å². The van der Waals surface area contributed by atoms with Gasteiger partial charge >= 0.3 is 0 Å². The summed E-state index contributed by atoms with van der Waals surface area (Å²) in [6.45, 7) is 0.592. The first-order chi connectivity index (χ1) is 12.7. The molecule has 5 heteroatoms. The van der Waals surface area contributed by atoms with E-state index in [9.17, 15) is 0 Å². The van der Waals surface area contributed by atoms with E-state index in [1.54, 1.807) is 6.20 Å². The molecule has 2 heterocycles. The summed E-state index contributed by atoms with van der Waals surface area (Å²) in [5, 5.41) is 4.38. The van der Waals surface area contributed by atoms with Gasteiger partial charge in [-0.25, -0.2) is 4.98 Å². The maximum atomic E-state index is 6.05. The summed E-state index contributed by atoms with van der Waals surface area (Å²) in [6.07, 6.45) is 1.79. The first-order valence-electron chi connectivity index (χ1n) is 8.39. The van der Waals surface area contributed by atoms with Gasteiger partial charge < -0.3 is 16.8 Å². The number of anilines is 3. The van der Waals surface area contributed by atoms with Gasteiger partial charge in [-0.05, 0) is 42.0 Å². The summed E-state index contributed by atoms with van der Waals surface area (Å²) in [6, 6.07) is 21.4. The van der Waals surface area contributed by atoms with Gasteiger partial charge in [0.25, 0.3) is 0 Å².